The van der Waals surface area contributed by atoms with E-state index in [1.165, 1.54) is 25.7 Å². The van der Waals surface area contributed by atoms with Gasteiger partial charge in [0.15, 0.2) is 0 Å². The molecule has 0 aromatic rings. The maximum Gasteiger partial charge on any atom is 0.303 e. The van der Waals surface area contributed by atoms with Crippen molar-refractivity contribution in [2.45, 2.75) is 78.6 Å². The van der Waals surface area contributed by atoms with Gasteiger partial charge in [-0.05, 0) is 38.5 Å². The molecule has 0 bridgehead atoms. The second kappa shape index (κ2) is 15.0. The first-order chi connectivity index (χ1) is 11.5. The number of aliphatic carboxylic acids is 1. The zero-order valence-corrected chi connectivity index (χ0v) is 15.8. The Balaban J connectivity index is 3.87. The van der Waals surface area contributed by atoms with Gasteiger partial charge in [-0.1, -0.05) is 82.2 Å². The number of hydrogen-bond donors (Lipinski definition) is 1. The zero-order chi connectivity index (χ0) is 18.1. The molecule has 0 unspecified atom stereocenters. The first-order valence-corrected chi connectivity index (χ1v) is 9.35. The molecule has 0 fully saturated rings. The van der Waals surface area contributed by atoms with E-state index in [1.54, 1.807) is 0 Å². The zero-order valence-electron chi connectivity index (χ0n) is 15.8. The average Bonchev–Trinajstić information content (AvgIpc) is 2.52. The second-order valence-electron chi connectivity index (χ2n) is 6.82. The number of rotatable bonds is 14. The van der Waals surface area contributed by atoms with Gasteiger partial charge in [0.25, 0.3) is 0 Å². The normalized spacial score (nSPS) is 13.1. The molecule has 24 heavy (non-hydrogen) atoms. The Bertz CT molecular complexity index is 425. The van der Waals surface area contributed by atoms with Crippen molar-refractivity contribution in [1.82, 2.24) is 0 Å². The lowest BCUT2D eigenvalue weighted by atomic mass is 9.92. The summed E-state index contributed by atoms with van der Waals surface area (Å²) in [6.07, 6.45) is 26.5. The molecular weight excluding hydrogens is 296 g/mol. The predicted molar refractivity (Wildman–Crippen MR) is 105 cm³/mol. The van der Waals surface area contributed by atoms with Gasteiger partial charge >= 0.3 is 5.97 Å². The standard InChI is InChI=1S/C22H36O2/c1-4-5-6-7-8-10-13-16-19-22(2,3)20-17-14-11-9-12-15-18-21(23)24/h8-11,16-17,19-20H,4-7,12-15,18H2,1-3H3,(H,23,24). The van der Waals surface area contributed by atoms with Crippen LogP contribution in [0.4, 0.5) is 0 Å². The Hall–Kier alpha value is -1.57. The predicted octanol–water partition coefficient (Wildman–Crippen LogP) is 6.85. The third-order valence-corrected chi connectivity index (χ3v) is 3.71. The summed E-state index contributed by atoms with van der Waals surface area (Å²) in [4.78, 5) is 10.4. The van der Waals surface area contributed by atoms with Crippen LogP contribution < -0.4 is 0 Å². The fraction of sp³-hybridized carbons (Fsp3) is 0.591. The van der Waals surface area contributed by atoms with Gasteiger partial charge < -0.3 is 5.11 Å². The quantitative estimate of drug-likeness (QED) is 0.279. The highest BCUT2D eigenvalue weighted by Crippen LogP contribution is 2.19. The van der Waals surface area contributed by atoms with E-state index in [1.807, 2.05) is 0 Å². The van der Waals surface area contributed by atoms with Crippen LogP contribution >= 0.6 is 0 Å². The van der Waals surface area contributed by atoms with Crippen LogP contribution in [0.2, 0.25) is 0 Å². The van der Waals surface area contributed by atoms with Gasteiger partial charge in [0.2, 0.25) is 0 Å². The number of unbranched alkanes of at least 4 members (excludes halogenated alkanes) is 4. The van der Waals surface area contributed by atoms with E-state index in [-0.39, 0.29) is 11.8 Å². The smallest absolute Gasteiger partial charge is 0.303 e. The number of carboxylic acids is 1. The Morgan fingerprint density at radius 1 is 0.833 bits per heavy atom. The average molecular weight is 333 g/mol. The van der Waals surface area contributed by atoms with Crippen molar-refractivity contribution in [2.75, 3.05) is 0 Å². The molecule has 0 amide bonds. The maximum absolute atomic E-state index is 10.4. The first-order valence-electron chi connectivity index (χ1n) is 9.35. The molecule has 2 nitrogen and oxygen atoms in total. The lowest BCUT2D eigenvalue weighted by Crippen LogP contribution is -2.01. The van der Waals surface area contributed by atoms with E-state index in [0.29, 0.717) is 0 Å². The van der Waals surface area contributed by atoms with Crippen LogP contribution in [-0.4, -0.2) is 11.1 Å². The molecule has 0 saturated heterocycles. The molecule has 0 atom stereocenters. The summed E-state index contributed by atoms with van der Waals surface area (Å²) in [5, 5.41) is 8.55. The summed E-state index contributed by atoms with van der Waals surface area (Å²) in [7, 11) is 0. The third kappa shape index (κ3) is 16.8. The first kappa shape index (κ1) is 22.4. The highest BCUT2D eigenvalue weighted by molar-refractivity contribution is 5.66. The van der Waals surface area contributed by atoms with Gasteiger partial charge in [0, 0.05) is 11.8 Å². The molecule has 0 heterocycles. The molecule has 136 valence electrons. The molecule has 0 aliphatic carbocycles. The molecule has 0 aromatic heterocycles. The van der Waals surface area contributed by atoms with Gasteiger partial charge in [0.1, 0.15) is 0 Å². The van der Waals surface area contributed by atoms with Crippen molar-refractivity contribution < 1.29 is 9.90 Å². The molecule has 0 rings (SSSR count). The minimum atomic E-state index is -0.715. The summed E-state index contributed by atoms with van der Waals surface area (Å²) in [5.41, 5.74) is 0.0766. The van der Waals surface area contributed by atoms with Gasteiger partial charge in [-0.2, -0.15) is 0 Å². The molecule has 0 aromatic carbocycles. The van der Waals surface area contributed by atoms with Crippen molar-refractivity contribution in [3.05, 3.63) is 48.6 Å². The second-order valence-corrected chi connectivity index (χ2v) is 6.82. The van der Waals surface area contributed by atoms with E-state index < -0.39 is 5.97 Å². The van der Waals surface area contributed by atoms with Crippen molar-refractivity contribution in [1.29, 1.82) is 0 Å². The molecule has 2 heteroatoms. The van der Waals surface area contributed by atoms with Gasteiger partial charge in [-0.15, -0.1) is 0 Å². The van der Waals surface area contributed by atoms with E-state index in [0.717, 1.165) is 25.7 Å². The highest BCUT2D eigenvalue weighted by Gasteiger charge is 2.06. The van der Waals surface area contributed by atoms with Gasteiger partial charge in [0.05, 0.1) is 0 Å². The molecule has 0 radical (unpaired) electrons. The van der Waals surface area contributed by atoms with Crippen LogP contribution in [0.15, 0.2) is 48.6 Å². The fourth-order valence-electron chi connectivity index (χ4n) is 2.27. The summed E-state index contributed by atoms with van der Waals surface area (Å²) in [6.45, 7) is 6.65. The summed E-state index contributed by atoms with van der Waals surface area (Å²) in [6, 6.07) is 0. The Morgan fingerprint density at radius 2 is 1.38 bits per heavy atom. The minimum absolute atomic E-state index is 0.0766. The molecule has 0 saturated carbocycles. The minimum Gasteiger partial charge on any atom is -0.481 e. The van der Waals surface area contributed by atoms with Crippen LogP contribution in [-0.2, 0) is 4.79 Å². The lowest BCUT2D eigenvalue weighted by molar-refractivity contribution is -0.137. The van der Waals surface area contributed by atoms with Crippen LogP contribution in [0.3, 0.4) is 0 Å². The van der Waals surface area contributed by atoms with Crippen molar-refractivity contribution in [3.8, 4) is 0 Å². The van der Waals surface area contributed by atoms with Crippen LogP contribution in [0.1, 0.15) is 78.6 Å². The van der Waals surface area contributed by atoms with Gasteiger partial charge in [-0.25, -0.2) is 0 Å². The van der Waals surface area contributed by atoms with E-state index >= 15 is 0 Å². The molecule has 0 aliphatic rings. The molecule has 1 N–H and O–H groups in total. The maximum atomic E-state index is 10.4. The highest BCUT2D eigenvalue weighted by atomic mass is 16.4. The fourth-order valence-corrected chi connectivity index (χ4v) is 2.27. The third-order valence-electron chi connectivity index (χ3n) is 3.71. The van der Waals surface area contributed by atoms with E-state index in [2.05, 4.69) is 69.4 Å². The lowest BCUT2D eigenvalue weighted by Gasteiger charge is -2.13. The Labute approximate surface area is 149 Å². The largest absolute Gasteiger partial charge is 0.481 e. The summed E-state index contributed by atoms with van der Waals surface area (Å²) >= 11 is 0. The number of hydrogen-bond acceptors (Lipinski definition) is 1. The summed E-state index contributed by atoms with van der Waals surface area (Å²) in [5.74, 6) is -0.715. The Morgan fingerprint density at radius 3 is 1.88 bits per heavy atom. The number of carboxylic acid groups (broad SMARTS) is 1. The van der Waals surface area contributed by atoms with Crippen molar-refractivity contribution in [2.24, 2.45) is 5.41 Å². The van der Waals surface area contributed by atoms with Gasteiger partial charge in [-0.3, -0.25) is 4.79 Å². The molecular formula is C22H36O2. The number of carbonyl (C=O) groups is 1. The van der Waals surface area contributed by atoms with Crippen LogP contribution in [0.5, 0.6) is 0 Å². The molecule has 0 spiro atoms. The SMILES string of the molecule is CCCCCC=CCC=CC(C)(C)C=CCC=CCCCC(=O)O. The van der Waals surface area contributed by atoms with E-state index in [4.69, 9.17) is 5.11 Å². The van der Waals surface area contributed by atoms with Crippen LogP contribution in [0.25, 0.3) is 0 Å². The van der Waals surface area contributed by atoms with Crippen molar-refractivity contribution >= 4 is 5.97 Å². The Kier molecular flexibility index (Phi) is 14.0. The van der Waals surface area contributed by atoms with E-state index in [9.17, 15) is 4.79 Å². The van der Waals surface area contributed by atoms with Crippen molar-refractivity contribution in [3.63, 3.8) is 0 Å². The number of allylic oxidation sites excluding steroid dienone is 8. The monoisotopic (exact) mass is 332 g/mol. The molecule has 0 aliphatic heterocycles. The summed E-state index contributed by atoms with van der Waals surface area (Å²) < 4.78 is 0. The van der Waals surface area contributed by atoms with Crippen LogP contribution in [0, 0.1) is 5.41 Å². The topological polar surface area (TPSA) is 37.3 Å².